The summed E-state index contributed by atoms with van der Waals surface area (Å²) in [7, 11) is 0. The van der Waals surface area contributed by atoms with Crippen molar-refractivity contribution < 1.29 is 9.84 Å². The van der Waals surface area contributed by atoms with Gasteiger partial charge < -0.3 is 15.2 Å². The van der Waals surface area contributed by atoms with Crippen molar-refractivity contribution in [3.05, 3.63) is 59.2 Å². The van der Waals surface area contributed by atoms with Crippen molar-refractivity contribution >= 4 is 0 Å². The van der Waals surface area contributed by atoms with Crippen LogP contribution >= 0.6 is 0 Å². The molecule has 4 nitrogen and oxygen atoms in total. The molecular weight excluding hydrogens is 384 g/mol. The molecule has 170 valence electrons. The molecule has 2 N–H and O–H groups in total. The first-order chi connectivity index (χ1) is 15.2. The van der Waals surface area contributed by atoms with E-state index in [4.69, 9.17) is 4.74 Å². The monoisotopic (exact) mass is 424 g/mol. The standard InChI is InChI=1S/C27H40N2O2/c1-21-5-4-7-22(17-21)6-2-3-8-25-26-19-23(18-24(26)20-27(25)30)9-10-28-11-12-29-13-15-31-16-14-29/h3-5,7-8,17-18,24-28,30H,2,6,9-16,19-20H2,1H3/t24-,25+,26-,27+/m0/s1. The molecule has 31 heavy (non-hydrogen) atoms. The van der Waals surface area contributed by atoms with E-state index in [1.807, 2.05) is 0 Å². The van der Waals surface area contributed by atoms with Gasteiger partial charge in [0.1, 0.15) is 0 Å². The number of hydrogen-bond acceptors (Lipinski definition) is 4. The van der Waals surface area contributed by atoms with E-state index < -0.39 is 0 Å². The second-order valence-electron chi connectivity index (χ2n) is 9.65. The first-order valence-electron chi connectivity index (χ1n) is 12.3. The van der Waals surface area contributed by atoms with Gasteiger partial charge in [0.05, 0.1) is 19.3 Å². The van der Waals surface area contributed by atoms with Crippen LogP contribution in [0.3, 0.4) is 0 Å². The predicted molar refractivity (Wildman–Crippen MR) is 127 cm³/mol. The Morgan fingerprint density at radius 3 is 2.90 bits per heavy atom. The van der Waals surface area contributed by atoms with Gasteiger partial charge in [0, 0.05) is 32.1 Å². The fraction of sp³-hybridized carbons (Fsp3) is 0.630. The van der Waals surface area contributed by atoms with E-state index in [0.717, 1.165) is 71.6 Å². The van der Waals surface area contributed by atoms with Crippen LogP contribution in [-0.4, -0.2) is 62.0 Å². The van der Waals surface area contributed by atoms with Crippen LogP contribution in [0.1, 0.15) is 36.8 Å². The Morgan fingerprint density at radius 2 is 2.06 bits per heavy atom. The Labute approximate surface area is 188 Å². The van der Waals surface area contributed by atoms with E-state index in [2.05, 4.69) is 59.6 Å². The molecular formula is C27H40N2O2. The number of nitrogens with zero attached hydrogens (tertiary/aromatic N) is 1. The van der Waals surface area contributed by atoms with Crippen LogP contribution < -0.4 is 5.32 Å². The van der Waals surface area contributed by atoms with Crippen molar-refractivity contribution in [2.45, 2.75) is 45.1 Å². The Balaban J connectivity index is 1.16. The summed E-state index contributed by atoms with van der Waals surface area (Å²) in [4.78, 5) is 2.48. The van der Waals surface area contributed by atoms with Gasteiger partial charge in [-0.15, -0.1) is 0 Å². The normalized spacial score (nSPS) is 28.9. The zero-order valence-corrected chi connectivity index (χ0v) is 19.1. The van der Waals surface area contributed by atoms with Crippen LogP contribution in [-0.2, 0) is 11.2 Å². The average molecular weight is 425 g/mol. The Morgan fingerprint density at radius 1 is 1.19 bits per heavy atom. The van der Waals surface area contributed by atoms with Gasteiger partial charge in [-0.2, -0.15) is 0 Å². The lowest BCUT2D eigenvalue weighted by molar-refractivity contribution is 0.0385. The van der Waals surface area contributed by atoms with Crippen LogP contribution in [0, 0.1) is 24.7 Å². The number of allylic oxidation sites excluding steroid dienone is 2. The third kappa shape index (κ3) is 6.52. The Bertz CT molecular complexity index is 753. The van der Waals surface area contributed by atoms with Crippen LogP contribution in [0.5, 0.6) is 0 Å². The van der Waals surface area contributed by atoms with Gasteiger partial charge >= 0.3 is 0 Å². The number of fused-ring (bicyclic) bond motifs is 1. The summed E-state index contributed by atoms with van der Waals surface area (Å²) in [6, 6.07) is 8.78. The fourth-order valence-corrected chi connectivity index (χ4v) is 5.60. The summed E-state index contributed by atoms with van der Waals surface area (Å²) in [5.41, 5.74) is 4.33. The van der Waals surface area contributed by atoms with Gasteiger partial charge in [0.25, 0.3) is 0 Å². The van der Waals surface area contributed by atoms with Crippen molar-refractivity contribution in [1.82, 2.24) is 10.2 Å². The van der Waals surface area contributed by atoms with Gasteiger partial charge in [-0.3, -0.25) is 4.90 Å². The molecule has 4 heteroatoms. The molecule has 1 heterocycles. The van der Waals surface area contributed by atoms with E-state index in [1.165, 1.54) is 17.5 Å². The van der Waals surface area contributed by atoms with Gasteiger partial charge in [-0.05, 0) is 63.0 Å². The quantitative estimate of drug-likeness (QED) is 0.444. The number of aliphatic hydroxyl groups is 1. The first-order valence-corrected chi connectivity index (χ1v) is 12.3. The summed E-state index contributed by atoms with van der Waals surface area (Å²) >= 11 is 0. The molecule has 0 unspecified atom stereocenters. The van der Waals surface area contributed by atoms with Gasteiger partial charge in [-0.1, -0.05) is 53.6 Å². The van der Waals surface area contributed by atoms with E-state index in [1.54, 1.807) is 5.57 Å². The van der Waals surface area contributed by atoms with Crippen molar-refractivity contribution in [3.8, 4) is 0 Å². The molecule has 0 radical (unpaired) electrons. The maximum Gasteiger partial charge on any atom is 0.0611 e. The summed E-state index contributed by atoms with van der Waals surface area (Å²) < 4.78 is 5.41. The van der Waals surface area contributed by atoms with Crippen molar-refractivity contribution in [2.75, 3.05) is 45.9 Å². The van der Waals surface area contributed by atoms with Crippen LogP contribution in [0.15, 0.2) is 48.1 Å². The highest BCUT2D eigenvalue weighted by Gasteiger charge is 2.43. The SMILES string of the molecule is Cc1cccc(CCC=C[C@@H]2[C@H]3CC(CCNCCN4CCOCC4)=C[C@H]3C[C@H]2O)c1. The van der Waals surface area contributed by atoms with Gasteiger partial charge in [-0.25, -0.2) is 0 Å². The van der Waals surface area contributed by atoms with E-state index in [9.17, 15) is 5.11 Å². The van der Waals surface area contributed by atoms with Crippen molar-refractivity contribution in [1.29, 1.82) is 0 Å². The highest BCUT2D eigenvalue weighted by molar-refractivity contribution is 5.23. The highest BCUT2D eigenvalue weighted by Crippen LogP contribution is 2.47. The number of morpholine rings is 1. The van der Waals surface area contributed by atoms with Crippen molar-refractivity contribution in [3.63, 3.8) is 0 Å². The number of aliphatic hydroxyl groups excluding tert-OH is 1. The number of nitrogens with one attached hydrogen (secondary N) is 1. The summed E-state index contributed by atoms with van der Waals surface area (Å²) in [6.45, 7) is 9.29. The lowest BCUT2D eigenvalue weighted by Crippen LogP contribution is -2.40. The third-order valence-corrected chi connectivity index (χ3v) is 7.32. The molecule has 1 aromatic rings. The Kier molecular flexibility index (Phi) is 8.37. The summed E-state index contributed by atoms with van der Waals surface area (Å²) in [5, 5.41) is 14.2. The number of aryl methyl sites for hydroxylation is 2. The minimum absolute atomic E-state index is 0.172. The third-order valence-electron chi connectivity index (χ3n) is 7.32. The second kappa shape index (κ2) is 11.4. The second-order valence-corrected chi connectivity index (χ2v) is 9.65. The molecule has 0 aromatic heterocycles. The molecule has 4 rings (SSSR count). The van der Waals surface area contributed by atoms with Crippen molar-refractivity contribution in [2.24, 2.45) is 17.8 Å². The zero-order valence-electron chi connectivity index (χ0n) is 19.1. The minimum Gasteiger partial charge on any atom is -0.392 e. The molecule has 0 amide bonds. The molecule has 1 aromatic carbocycles. The average Bonchev–Trinajstić information content (AvgIpc) is 3.28. The van der Waals surface area contributed by atoms with E-state index in [-0.39, 0.29) is 6.10 Å². The molecule has 3 aliphatic rings. The van der Waals surface area contributed by atoms with Crippen LogP contribution in [0.2, 0.25) is 0 Å². The number of hydrogen-bond donors (Lipinski definition) is 2. The number of benzene rings is 1. The Hall–Kier alpha value is -1.46. The highest BCUT2D eigenvalue weighted by atomic mass is 16.5. The molecule has 0 bridgehead atoms. The molecule has 2 fully saturated rings. The van der Waals surface area contributed by atoms with E-state index >= 15 is 0 Å². The lowest BCUT2D eigenvalue weighted by Gasteiger charge is -2.26. The zero-order chi connectivity index (χ0) is 21.5. The lowest BCUT2D eigenvalue weighted by atomic mass is 9.89. The predicted octanol–water partition coefficient (Wildman–Crippen LogP) is 3.74. The molecule has 4 atom stereocenters. The largest absolute Gasteiger partial charge is 0.392 e. The van der Waals surface area contributed by atoms with Gasteiger partial charge in [0.15, 0.2) is 0 Å². The topological polar surface area (TPSA) is 44.7 Å². The van der Waals surface area contributed by atoms with Crippen LogP contribution in [0.4, 0.5) is 0 Å². The maximum atomic E-state index is 10.6. The minimum atomic E-state index is -0.172. The maximum absolute atomic E-state index is 10.6. The summed E-state index contributed by atoms with van der Waals surface area (Å²) in [6.07, 6.45) is 12.3. The molecule has 0 spiro atoms. The molecule has 1 aliphatic heterocycles. The molecule has 1 saturated carbocycles. The van der Waals surface area contributed by atoms with Crippen LogP contribution in [0.25, 0.3) is 0 Å². The number of ether oxygens (including phenoxy) is 1. The molecule has 2 aliphatic carbocycles. The first kappa shape index (κ1) is 22.7. The smallest absolute Gasteiger partial charge is 0.0611 e. The summed E-state index contributed by atoms with van der Waals surface area (Å²) in [5.74, 6) is 1.50. The fourth-order valence-electron chi connectivity index (χ4n) is 5.60. The number of rotatable bonds is 10. The molecule has 1 saturated heterocycles. The van der Waals surface area contributed by atoms with Gasteiger partial charge in [0.2, 0.25) is 0 Å². The van der Waals surface area contributed by atoms with E-state index in [0.29, 0.717) is 17.8 Å².